The maximum Gasteiger partial charge on any atom is 0.253 e. The predicted molar refractivity (Wildman–Crippen MR) is 85.4 cm³/mol. The lowest BCUT2D eigenvalue weighted by molar-refractivity contribution is 0.0924. The molecule has 2 atom stereocenters. The molecular weight excluding hydrogens is 294 g/mol. The highest BCUT2D eigenvalue weighted by atomic mass is 16.5. The quantitative estimate of drug-likeness (QED) is 0.935. The highest BCUT2D eigenvalue weighted by Crippen LogP contribution is 2.21. The summed E-state index contributed by atoms with van der Waals surface area (Å²) in [5.74, 6) is 1.00. The van der Waals surface area contributed by atoms with E-state index in [4.69, 9.17) is 9.26 Å². The Morgan fingerprint density at radius 3 is 2.74 bits per heavy atom. The monoisotopic (exact) mass is 317 g/mol. The van der Waals surface area contributed by atoms with E-state index in [-0.39, 0.29) is 17.9 Å². The second-order valence-electron chi connectivity index (χ2n) is 6.36. The van der Waals surface area contributed by atoms with Gasteiger partial charge in [-0.3, -0.25) is 4.79 Å². The number of hydrogen-bond acceptors (Lipinski definition) is 4. The van der Waals surface area contributed by atoms with Gasteiger partial charge >= 0.3 is 0 Å². The van der Waals surface area contributed by atoms with Crippen LogP contribution in [0.2, 0.25) is 0 Å². The summed E-state index contributed by atoms with van der Waals surface area (Å²) in [5, 5.41) is 7.02. The number of nitrogens with one attached hydrogen (secondary N) is 1. The van der Waals surface area contributed by atoms with Crippen LogP contribution in [0.5, 0.6) is 0 Å². The van der Waals surface area contributed by atoms with Gasteiger partial charge in [0.2, 0.25) is 0 Å². The fraction of sp³-hybridized carbons (Fsp3) is 0.529. The number of hydrogen-bond donors (Lipinski definition) is 1. The second-order valence-corrected chi connectivity index (χ2v) is 6.36. The van der Waals surface area contributed by atoms with Crippen molar-refractivity contribution in [3.63, 3.8) is 0 Å². The van der Waals surface area contributed by atoms with Gasteiger partial charge in [0.15, 0.2) is 0 Å². The van der Waals surface area contributed by atoms with Gasteiger partial charge in [0, 0.05) is 36.8 Å². The van der Waals surface area contributed by atoms with Gasteiger partial charge in [-0.15, -0.1) is 0 Å². The van der Waals surface area contributed by atoms with Crippen molar-refractivity contribution >= 4 is 5.91 Å². The summed E-state index contributed by atoms with van der Waals surface area (Å²) in [6.07, 6.45) is 0.721. The van der Waals surface area contributed by atoms with Gasteiger partial charge in [0.05, 0.1) is 30.5 Å². The lowest BCUT2D eigenvalue weighted by Crippen LogP contribution is -2.40. The van der Waals surface area contributed by atoms with Crippen LogP contribution in [0.4, 0.5) is 0 Å². The van der Waals surface area contributed by atoms with E-state index in [9.17, 15) is 4.79 Å². The molecule has 0 bridgehead atoms. The van der Waals surface area contributed by atoms with Crippen LogP contribution >= 0.6 is 0 Å². The first-order valence-corrected chi connectivity index (χ1v) is 7.89. The molecule has 3 rings (SSSR count). The van der Waals surface area contributed by atoms with Crippen molar-refractivity contribution in [3.05, 3.63) is 40.5 Å². The molecule has 1 aliphatic heterocycles. The molecule has 1 aliphatic rings. The van der Waals surface area contributed by atoms with Crippen molar-refractivity contribution in [1.82, 2.24) is 15.0 Å². The minimum absolute atomic E-state index is 0.00665. The minimum atomic E-state index is -0.0412. The van der Waals surface area contributed by atoms with Crippen molar-refractivity contribution in [3.8, 4) is 0 Å². The largest absolute Gasteiger partial charge is 0.379 e. The van der Waals surface area contributed by atoms with Crippen molar-refractivity contribution in [2.24, 2.45) is 13.0 Å². The highest BCUT2D eigenvalue weighted by molar-refractivity contribution is 5.95. The van der Waals surface area contributed by atoms with Crippen molar-refractivity contribution in [2.45, 2.75) is 33.2 Å². The number of amides is 1. The Kier molecular flexibility index (Phi) is 4.26. The molecule has 0 radical (unpaired) electrons. The summed E-state index contributed by atoms with van der Waals surface area (Å²) in [4.78, 5) is 12.6. The SMILES string of the molecule is Cc1cc(C[C@H]2COC[C@H]2NC(=O)c2cc(C)n(C)c2C)on1. The smallest absolute Gasteiger partial charge is 0.253 e. The van der Waals surface area contributed by atoms with Crippen LogP contribution < -0.4 is 5.32 Å². The molecule has 6 heteroatoms. The third kappa shape index (κ3) is 3.17. The van der Waals surface area contributed by atoms with E-state index < -0.39 is 0 Å². The lowest BCUT2D eigenvalue weighted by Gasteiger charge is -2.18. The van der Waals surface area contributed by atoms with Crippen LogP contribution in [0.1, 0.15) is 33.2 Å². The average Bonchev–Trinajstić information content (AvgIpc) is 3.18. The number of nitrogens with zero attached hydrogens (tertiary/aromatic N) is 2. The third-order valence-electron chi connectivity index (χ3n) is 4.67. The Morgan fingerprint density at radius 2 is 2.13 bits per heavy atom. The molecule has 0 aromatic carbocycles. The zero-order chi connectivity index (χ0) is 16.6. The Balaban J connectivity index is 1.68. The number of carbonyl (C=O) groups is 1. The fourth-order valence-corrected chi connectivity index (χ4v) is 3.06. The molecule has 3 heterocycles. The Hall–Kier alpha value is -2.08. The topological polar surface area (TPSA) is 69.3 Å². The highest BCUT2D eigenvalue weighted by Gasteiger charge is 2.31. The van der Waals surface area contributed by atoms with Gasteiger partial charge in [0.1, 0.15) is 5.76 Å². The molecule has 0 aliphatic carbocycles. The normalized spacial score (nSPS) is 20.9. The van der Waals surface area contributed by atoms with Gasteiger partial charge < -0.3 is 19.1 Å². The van der Waals surface area contributed by atoms with E-state index in [2.05, 4.69) is 10.5 Å². The van der Waals surface area contributed by atoms with Crippen LogP contribution in [0.25, 0.3) is 0 Å². The first-order valence-electron chi connectivity index (χ1n) is 7.89. The molecule has 1 fully saturated rings. The van der Waals surface area contributed by atoms with Crippen molar-refractivity contribution in [2.75, 3.05) is 13.2 Å². The van der Waals surface area contributed by atoms with Gasteiger partial charge in [-0.1, -0.05) is 5.16 Å². The molecule has 0 spiro atoms. The van der Waals surface area contributed by atoms with Crippen molar-refractivity contribution in [1.29, 1.82) is 0 Å². The predicted octanol–water partition coefficient (Wildman–Crippen LogP) is 1.93. The maximum atomic E-state index is 12.6. The van der Waals surface area contributed by atoms with Gasteiger partial charge in [-0.2, -0.15) is 0 Å². The zero-order valence-electron chi connectivity index (χ0n) is 14.0. The Morgan fingerprint density at radius 1 is 1.35 bits per heavy atom. The molecule has 1 amide bonds. The first kappa shape index (κ1) is 15.8. The molecular formula is C17H23N3O3. The summed E-state index contributed by atoms with van der Waals surface area (Å²) in [6.45, 7) is 7.02. The summed E-state index contributed by atoms with van der Waals surface area (Å²) in [7, 11) is 1.97. The molecule has 0 saturated carbocycles. The number of aromatic nitrogens is 2. The summed E-state index contributed by atoms with van der Waals surface area (Å²) >= 11 is 0. The summed E-state index contributed by atoms with van der Waals surface area (Å²) in [6, 6.07) is 3.85. The van der Waals surface area contributed by atoms with E-state index in [0.29, 0.717) is 13.2 Å². The van der Waals surface area contributed by atoms with E-state index in [0.717, 1.165) is 34.8 Å². The fourth-order valence-electron chi connectivity index (χ4n) is 3.06. The Bertz CT molecular complexity index is 717. The zero-order valence-corrected chi connectivity index (χ0v) is 14.0. The molecule has 1 N–H and O–H groups in total. The number of carbonyl (C=O) groups excluding carboxylic acids is 1. The Labute approximate surface area is 135 Å². The van der Waals surface area contributed by atoms with Crippen LogP contribution in [0, 0.1) is 26.7 Å². The number of rotatable bonds is 4. The summed E-state index contributed by atoms with van der Waals surface area (Å²) < 4.78 is 12.9. The molecule has 1 saturated heterocycles. The van der Waals surface area contributed by atoms with Crippen LogP contribution in [0.15, 0.2) is 16.7 Å². The minimum Gasteiger partial charge on any atom is -0.379 e. The molecule has 124 valence electrons. The van der Waals surface area contributed by atoms with Gasteiger partial charge in [-0.25, -0.2) is 0 Å². The van der Waals surface area contributed by atoms with E-state index in [1.165, 1.54) is 0 Å². The van der Waals surface area contributed by atoms with Crippen molar-refractivity contribution < 1.29 is 14.1 Å². The summed E-state index contributed by atoms with van der Waals surface area (Å²) in [5.41, 5.74) is 3.64. The van der Waals surface area contributed by atoms with Gasteiger partial charge in [0.25, 0.3) is 5.91 Å². The number of aryl methyl sites for hydroxylation is 2. The first-order chi connectivity index (χ1) is 11.0. The maximum absolute atomic E-state index is 12.6. The standard InChI is InChI=1S/C17H23N3O3/c1-10-5-14(23-19-10)7-13-8-22-9-16(13)18-17(21)15-6-11(2)20(4)12(15)3/h5-6,13,16H,7-9H2,1-4H3,(H,18,21)/t13-,16+/m0/s1. The van der Waals surface area contributed by atoms with E-state index in [1.54, 1.807) is 0 Å². The second kappa shape index (κ2) is 6.20. The van der Waals surface area contributed by atoms with Crippen LogP contribution in [0.3, 0.4) is 0 Å². The van der Waals surface area contributed by atoms with E-state index >= 15 is 0 Å². The average molecular weight is 317 g/mol. The van der Waals surface area contributed by atoms with Crippen LogP contribution in [-0.2, 0) is 18.2 Å². The number of ether oxygens (including phenoxy) is 1. The van der Waals surface area contributed by atoms with E-state index in [1.807, 2.05) is 44.5 Å². The molecule has 6 nitrogen and oxygen atoms in total. The van der Waals surface area contributed by atoms with Gasteiger partial charge in [-0.05, 0) is 26.8 Å². The molecule has 2 aromatic rings. The molecule has 0 unspecified atom stereocenters. The van der Waals surface area contributed by atoms with Crippen LogP contribution in [-0.4, -0.2) is 34.9 Å². The lowest BCUT2D eigenvalue weighted by atomic mass is 9.98. The molecule has 23 heavy (non-hydrogen) atoms. The third-order valence-corrected chi connectivity index (χ3v) is 4.67. The molecule has 2 aromatic heterocycles.